The van der Waals surface area contributed by atoms with Crippen molar-refractivity contribution < 1.29 is 14.3 Å². The van der Waals surface area contributed by atoms with Crippen molar-refractivity contribution >= 4 is 40.9 Å². The number of hydrogen-bond acceptors (Lipinski definition) is 4. The Balaban J connectivity index is 1.84. The number of carbonyl (C=O) groups is 2. The Hall–Kier alpha value is -1.98. The van der Waals surface area contributed by atoms with E-state index in [1.807, 2.05) is 37.3 Å². The highest BCUT2D eigenvalue weighted by molar-refractivity contribution is 8.00. The van der Waals surface area contributed by atoms with E-state index in [0.29, 0.717) is 10.7 Å². The number of nitrogens with one attached hydrogen (secondary N) is 1. The van der Waals surface area contributed by atoms with E-state index >= 15 is 0 Å². The lowest BCUT2D eigenvalue weighted by Gasteiger charge is -2.15. The molecule has 0 aliphatic rings. The number of benzene rings is 2. The van der Waals surface area contributed by atoms with Crippen LogP contribution in [-0.2, 0) is 14.3 Å². The van der Waals surface area contributed by atoms with Crippen LogP contribution in [0.25, 0.3) is 0 Å². The average molecular weight is 364 g/mol. The molecule has 2 rings (SSSR count). The van der Waals surface area contributed by atoms with Crippen LogP contribution in [0.15, 0.2) is 53.4 Å². The fourth-order valence-electron chi connectivity index (χ4n) is 1.92. The third-order valence-electron chi connectivity index (χ3n) is 3.30. The smallest absolute Gasteiger partial charge is 0.317 e. The van der Waals surface area contributed by atoms with Crippen molar-refractivity contribution in [1.29, 1.82) is 0 Å². The van der Waals surface area contributed by atoms with Gasteiger partial charge in [0, 0.05) is 15.6 Å². The summed E-state index contributed by atoms with van der Waals surface area (Å²) in [6.07, 6.45) is -0.882. The van der Waals surface area contributed by atoms with E-state index in [2.05, 4.69) is 5.32 Å². The minimum absolute atomic E-state index is 0.151. The molecule has 0 saturated carbocycles. The lowest BCUT2D eigenvalue weighted by molar-refractivity contribution is -0.150. The zero-order chi connectivity index (χ0) is 17.5. The van der Waals surface area contributed by atoms with Gasteiger partial charge >= 0.3 is 5.97 Å². The summed E-state index contributed by atoms with van der Waals surface area (Å²) in [5, 5.41) is 3.29. The van der Waals surface area contributed by atoms with Crippen molar-refractivity contribution in [2.24, 2.45) is 0 Å². The van der Waals surface area contributed by atoms with Gasteiger partial charge < -0.3 is 10.1 Å². The van der Waals surface area contributed by atoms with Crippen LogP contribution in [0.3, 0.4) is 0 Å². The number of rotatable bonds is 6. The monoisotopic (exact) mass is 363 g/mol. The zero-order valence-electron chi connectivity index (χ0n) is 13.4. The van der Waals surface area contributed by atoms with Crippen molar-refractivity contribution in [3.8, 4) is 0 Å². The molecule has 0 bridgehead atoms. The van der Waals surface area contributed by atoms with E-state index < -0.39 is 18.0 Å². The maximum atomic E-state index is 12.1. The minimum Gasteiger partial charge on any atom is -0.452 e. The SMILES string of the molecule is Cc1c(Cl)cccc1NC(=O)[C@@H](C)OC(=O)CSc1ccccc1. The standard InChI is InChI=1S/C18H18ClNO3S/c1-12-15(19)9-6-10-16(12)20-18(22)13(2)23-17(21)11-24-14-7-4-3-5-8-14/h3-10,13H,11H2,1-2H3,(H,20,22)/t13-/m1/s1. The maximum Gasteiger partial charge on any atom is 0.317 e. The Morgan fingerprint density at radius 2 is 1.88 bits per heavy atom. The lowest BCUT2D eigenvalue weighted by Crippen LogP contribution is -2.30. The van der Waals surface area contributed by atoms with E-state index in [9.17, 15) is 9.59 Å². The van der Waals surface area contributed by atoms with E-state index in [0.717, 1.165) is 10.5 Å². The van der Waals surface area contributed by atoms with E-state index in [1.54, 1.807) is 25.1 Å². The van der Waals surface area contributed by atoms with Crippen LogP contribution in [0.1, 0.15) is 12.5 Å². The van der Waals surface area contributed by atoms with Gasteiger partial charge in [-0.15, -0.1) is 11.8 Å². The second kappa shape index (κ2) is 8.76. The third kappa shape index (κ3) is 5.28. The van der Waals surface area contributed by atoms with Crippen molar-refractivity contribution in [2.75, 3.05) is 11.1 Å². The molecule has 0 heterocycles. The Kier molecular flexibility index (Phi) is 6.70. The number of anilines is 1. The van der Waals surface area contributed by atoms with Crippen molar-refractivity contribution in [3.63, 3.8) is 0 Å². The Bertz CT molecular complexity index is 721. The third-order valence-corrected chi connectivity index (χ3v) is 4.70. The van der Waals surface area contributed by atoms with Gasteiger partial charge in [0.1, 0.15) is 0 Å². The summed E-state index contributed by atoms with van der Waals surface area (Å²) in [6.45, 7) is 3.35. The van der Waals surface area contributed by atoms with E-state index in [-0.39, 0.29) is 5.75 Å². The second-order valence-corrected chi connectivity index (χ2v) is 6.59. The lowest BCUT2D eigenvalue weighted by atomic mass is 10.2. The number of thioether (sulfide) groups is 1. The highest BCUT2D eigenvalue weighted by Gasteiger charge is 2.19. The molecule has 1 amide bonds. The molecule has 0 fully saturated rings. The summed E-state index contributed by atoms with van der Waals surface area (Å²) in [6, 6.07) is 14.8. The first-order valence-electron chi connectivity index (χ1n) is 7.40. The zero-order valence-corrected chi connectivity index (χ0v) is 15.0. The fourth-order valence-corrected chi connectivity index (χ4v) is 2.80. The number of halogens is 1. The van der Waals surface area contributed by atoms with Gasteiger partial charge in [0.15, 0.2) is 6.10 Å². The Morgan fingerprint density at radius 3 is 2.58 bits per heavy atom. The van der Waals surface area contributed by atoms with E-state index in [1.165, 1.54) is 11.8 Å². The summed E-state index contributed by atoms with van der Waals surface area (Å²) in [4.78, 5) is 25.0. The molecule has 0 saturated heterocycles. The maximum absolute atomic E-state index is 12.1. The molecule has 24 heavy (non-hydrogen) atoms. The first kappa shape index (κ1) is 18.4. The predicted molar refractivity (Wildman–Crippen MR) is 97.5 cm³/mol. The predicted octanol–water partition coefficient (Wildman–Crippen LogP) is 4.31. The summed E-state index contributed by atoms with van der Waals surface area (Å²) in [5.74, 6) is -0.676. The molecule has 0 aromatic heterocycles. The molecule has 126 valence electrons. The largest absolute Gasteiger partial charge is 0.452 e. The highest BCUT2D eigenvalue weighted by Crippen LogP contribution is 2.23. The van der Waals surface area contributed by atoms with E-state index in [4.69, 9.17) is 16.3 Å². The second-order valence-electron chi connectivity index (χ2n) is 5.14. The van der Waals surface area contributed by atoms with Crippen LogP contribution >= 0.6 is 23.4 Å². The van der Waals surface area contributed by atoms with Crippen LogP contribution in [0, 0.1) is 6.92 Å². The van der Waals surface area contributed by atoms with Crippen LogP contribution < -0.4 is 5.32 Å². The molecule has 0 unspecified atom stereocenters. The van der Waals surface area contributed by atoms with Crippen molar-refractivity contribution in [2.45, 2.75) is 24.8 Å². The van der Waals surface area contributed by atoms with Gasteiger partial charge in [-0.2, -0.15) is 0 Å². The van der Waals surface area contributed by atoms with Gasteiger partial charge in [-0.3, -0.25) is 9.59 Å². The van der Waals surface area contributed by atoms with Gasteiger partial charge in [-0.05, 0) is 43.7 Å². The van der Waals surface area contributed by atoms with Crippen LogP contribution in [0.2, 0.25) is 5.02 Å². The van der Waals surface area contributed by atoms with Crippen molar-refractivity contribution in [3.05, 3.63) is 59.1 Å². The number of ether oxygens (including phenoxy) is 1. The first-order valence-corrected chi connectivity index (χ1v) is 8.77. The molecular weight excluding hydrogens is 346 g/mol. The van der Waals surface area contributed by atoms with Gasteiger partial charge in [-0.1, -0.05) is 35.9 Å². The molecule has 0 spiro atoms. The summed E-state index contributed by atoms with van der Waals surface area (Å²) in [7, 11) is 0. The molecule has 1 atom stereocenters. The summed E-state index contributed by atoms with van der Waals surface area (Å²) >= 11 is 7.39. The summed E-state index contributed by atoms with van der Waals surface area (Å²) < 4.78 is 5.17. The van der Waals surface area contributed by atoms with Crippen LogP contribution in [0.5, 0.6) is 0 Å². The normalized spacial score (nSPS) is 11.6. The Labute approximate surface area is 150 Å². The molecule has 2 aromatic carbocycles. The molecule has 0 aliphatic carbocycles. The topological polar surface area (TPSA) is 55.4 Å². The highest BCUT2D eigenvalue weighted by atomic mass is 35.5. The van der Waals surface area contributed by atoms with Crippen LogP contribution in [-0.4, -0.2) is 23.7 Å². The molecule has 4 nitrogen and oxygen atoms in total. The molecule has 1 N–H and O–H groups in total. The Morgan fingerprint density at radius 1 is 1.17 bits per heavy atom. The molecule has 2 aromatic rings. The first-order chi connectivity index (χ1) is 11.5. The summed E-state index contributed by atoms with van der Waals surface area (Å²) in [5.41, 5.74) is 1.37. The van der Waals surface area contributed by atoms with Gasteiger partial charge in [-0.25, -0.2) is 0 Å². The number of hydrogen-bond donors (Lipinski definition) is 1. The number of esters is 1. The molecule has 0 radical (unpaired) electrons. The average Bonchev–Trinajstić information content (AvgIpc) is 2.58. The number of carbonyl (C=O) groups excluding carboxylic acids is 2. The minimum atomic E-state index is -0.882. The van der Waals surface area contributed by atoms with Crippen LogP contribution in [0.4, 0.5) is 5.69 Å². The van der Waals surface area contributed by atoms with Gasteiger partial charge in [0.2, 0.25) is 0 Å². The van der Waals surface area contributed by atoms with Gasteiger partial charge in [0.25, 0.3) is 5.91 Å². The van der Waals surface area contributed by atoms with Crippen molar-refractivity contribution in [1.82, 2.24) is 0 Å². The molecule has 0 aliphatic heterocycles. The number of amides is 1. The fraction of sp³-hybridized carbons (Fsp3) is 0.222. The molecular formula is C18H18ClNO3S. The van der Waals surface area contributed by atoms with Gasteiger partial charge in [0.05, 0.1) is 5.75 Å². The molecule has 6 heteroatoms. The quantitative estimate of drug-likeness (QED) is 0.613.